The number of hydrogen-bond donors (Lipinski definition) is 1. The first-order valence-electron chi connectivity index (χ1n) is 9.86. The third-order valence-corrected chi connectivity index (χ3v) is 7.02. The third-order valence-electron chi connectivity index (χ3n) is 4.73. The van der Waals surface area contributed by atoms with Crippen LogP contribution in [0.3, 0.4) is 0 Å². The standard InChI is InChI=1S/C23H23N5OS2/c1-15-9-10-18(16(2)11-15)26-19(29)13-30-22-20-21(24-14-25-22)27-23(31-20)28(3)12-17-7-5-4-6-8-17/h4-11,14H,12-13H2,1-3H3,(H,26,29). The Balaban J connectivity index is 1.45. The molecule has 0 aliphatic heterocycles. The number of nitrogens with zero attached hydrogens (tertiary/aromatic N) is 4. The van der Waals surface area contributed by atoms with Crippen molar-refractivity contribution in [2.24, 2.45) is 0 Å². The minimum atomic E-state index is -0.0605. The van der Waals surface area contributed by atoms with E-state index in [4.69, 9.17) is 0 Å². The van der Waals surface area contributed by atoms with Gasteiger partial charge in [-0.3, -0.25) is 4.79 Å². The number of carbonyl (C=O) groups is 1. The summed E-state index contributed by atoms with van der Waals surface area (Å²) in [7, 11) is 2.02. The van der Waals surface area contributed by atoms with Gasteiger partial charge in [0.2, 0.25) is 5.91 Å². The molecule has 0 spiro atoms. The van der Waals surface area contributed by atoms with Gasteiger partial charge in [-0.25, -0.2) is 9.97 Å². The molecular weight excluding hydrogens is 426 g/mol. The van der Waals surface area contributed by atoms with Crippen molar-refractivity contribution in [1.29, 1.82) is 0 Å². The second-order valence-corrected chi connectivity index (χ2v) is 9.27. The summed E-state index contributed by atoms with van der Waals surface area (Å²) >= 11 is 2.95. The molecule has 0 unspecified atom stereocenters. The second kappa shape index (κ2) is 9.45. The van der Waals surface area contributed by atoms with Crippen molar-refractivity contribution in [2.75, 3.05) is 23.0 Å². The number of amides is 1. The number of aryl methyl sites for hydroxylation is 2. The van der Waals surface area contributed by atoms with Crippen LogP contribution in [0.5, 0.6) is 0 Å². The summed E-state index contributed by atoms with van der Waals surface area (Å²) in [5, 5.41) is 4.63. The van der Waals surface area contributed by atoms with Crippen LogP contribution in [0.4, 0.5) is 10.8 Å². The van der Waals surface area contributed by atoms with Crippen LogP contribution in [0, 0.1) is 13.8 Å². The van der Waals surface area contributed by atoms with Crippen molar-refractivity contribution in [3.8, 4) is 0 Å². The average Bonchev–Trinajstić information content (AvgIpc) is 3.20. The number of aromatic nitrogens is 3. The average molecular weight is 450 g/mol. The first-order chi connectivity index (χ1) is 15.0. The van der Waals surface area contributed by atoms with E-state index >= 15 is 0 Å². The Morgan fingerprint density at radius 1 is 1.13 bits per heavy atom. The lowest BCUT2D eigenvalue weighted by Gasteiger charge is -2.15. The van der Waals surface area contributed by atoms with Gasteiger partial charge in [0.25, 0.3) is 0 Å². The molecule has 0 atom stereocenters. The van der Waals surface area contributed by atoms with E-state index < -0.39 is 0 Å². The summed E-state index contributed by atoms with van der Waals surface area (Å²) in [6.45, 7) is 4.79. The van der Waals surface area contributed by atoms with Gasteiger partial charge in [0.15, 0.2) is 10.8 Å². The van der Waals surface area contributed by atoms with Crippen molar-refractivity contribution < 1.29 is 4.79 Å². The summed E-state index contributed by atoms with van der Waals surface area (Å²) in [4.78, 5) is 28.0. The summed E-state index contributed by atoms with van der Waals surface area (Å²) in [5.41, 5.74) is 4.94. The highest BCUT2D eigenvalue weighted by Crippen LogP contribution is 2.33. The van der Waals surface area contributed by atoms with Crippen LogP contribution in [0.1, 0.15) is 16.7 Å². The predicted octanol–water partition coefficient (Wildman–Crippen LogP) is 5.07. The van der Waals surface area contributed by atoms with Crippen LogP contribution in [0.25, 0.3) is 10.3 Å². The first kappa shape index (κ1) is 21.3. The lowest BCUT2D eigenvalue weighted by atomic mass is 10.1. The molecule has 1 amide bonds. The van der Waals surface area contributed by atoms with Crippen LogP contribution in [-0.4, -0.2) is 33.7 Å². The van der Waals surface area contributed by atoms with Gasteiger partial charge >= 0.3 is 0 Å². The fourth-order valence-corrected chi connectivity index (χ4v) is 5.04. The summed E-state index contributed by atoms with van der Waals surface area (Å²) in [6.07, 6.45) is 1.51. The van der Waals surface area contributed by atoms with E-state index in [1.54, 1.807) is 11.3 Å². The fourth-order valence-electron chi connectivity index (χ4n) is 3.19. The molecule has 2 aromatic carbocycles. The molecule has 0 radical (unpaired) electrons. The van der Waals surface area contributed by atoms with Gasteiger partial charge in [-0.05, 0) is 31.0 Å². The smallest absolute Gasteiger partial charge is 0.234 e. The molecule has 158 valence electrons. The SMILES string of the molecule is Cc1ccc(NC(=O)CSc2ncnc3nc(N(C)Cc4ccccc4)sc23)c(C)c1. The van der Waals surface area contributed by atoms with Gasteiger partial charge in [0, 0.05) is 19.3 Å². The first-order valence-corrected chi connectivity index (χ1v) is 11.7. The molecule has 31 heavy (non-hydrogen) atoms. The molecule has 0 saturated heterocycles. The molecule has 2 heterocycles. The highest BCUT2D eigenvalue weighted by Gasteiger charge is 2.15. The van der Waals surface area contributed by atoms with E-state index in [9.17, 15) is 4.79 Å². The maximum absolute atomic E-state index is 12.5. The number of anilines is 2. The highest BCUT2D eigenvalue weighted by atomic mass is 32.2. The molecule has 0 aliphatic carbocycles. The number of thiazole rings is 1. The summed E-state index contributed by atoms with van der Waals surface area (Å²) < 4.78 is 0.904. The van der Waals surface area contributed by atoms with Gasteiger partial charge in [0.1, 0.15) is 16.1 Å². The zero-order valence-electron chi connectivity index (χ0n) is 17.6. The Hall–Kier alpha value is -2.97. The number of nitrogens with one attached hydrogen (secondary N) is 1. The minimum Gasteiger partial charge on any atom is -0.347 e. The Morgan fingerprint density at radius 2 is 1.94 bits per heavy atom. The second-order valence-electron chi connectivity index (χ2n) is 7.32. The van der Waals surface area contributed by atoms with Crippen LogP contribution in [0.2, 0.25) is 0 Å². The zero-order chi connectivity index (χ0) is 21.8. The van der Waals surface area contributed by atoms with Crippen LogP contribution in [0.15, 0.2) is 59.9 Å². The maximum Gasteiger partial charge on any atom is 0.234 e. The lowest BCUT2D eigenvalue weighted by molar-refractivity contribution is -0.113. The van der Waals surface area contributed by atoms with Crippen molar-refractivity contribution in [3.05, 3.63) is 71.5 Å². The van der Waals surface area contributed by atoms with E-state index in [1.165, 1.54) is 29.2 Å². The molecule has 0 saturated carbocycles. The lowest BCUT2D eigenvalue weighted by Crippen LogP contribution is -2.15. The molecule has 4 rings (SSSR count). The normalized spacial score (nSPS) is 10.9. The van der Waals surface area contributed by atoms with Crippen LogP contribution >= 0.6 is 23.1 Å². The molecule has 0 bridgehead atoms. The largest absolute Gasteiger partial charge is 0.347 e. The van der Waals surface area contributed by atoms with Crippen molar-refractivity contribution in [3.63, 3.8) is 0 Å². The summed E-state index contributed by atoms with van der Waals surface area (Å²) in [6, 6.07) is 16.3. The molecule has 0 fully saturated rings. The van der Waals surface area contributed by atoms with Crippen molar-refractivity contribution in [1.82, 2.24) is 15.0 Å². The van der Waals surface area contributed by atoms with Crippen molar-refractivity contribution >= 4 is 50.2 Å². The number of rotatable bonds is 7. The summed E-state index contributed by atoms with van der Waals surface area (Å²) in [5.74, 6) is 0.210. The molecule has 6 nitrogen and oxygen atoms in total. The van der Waals surface area contributed by atoms with Gasteiger partial charge in [-0.2, -0.15) is 4.98 Å². The number of carbonyl (C=O) groups excluding carboxylic acids is 1. The molecule has 4 aromatic rings. The topological polar surface area (TPSA) is 71.0 Å². The number of thioether (sulfide) groups is 1. The van der Waals surface area contributed by atoms with E-state index in [1.807, 2.05) is 51.2 Å². The van der Waals surface area contributed by atoms with Gasteiger partial charge < -0.3 is 10.2 Å². The molecular formula is C23H23N5OS2. The molecule has 1 N–H and O–H groups in total. The van der Waals surface area contributed by atoms with Gasteiger partial charge in [-0.15, -0.1) is 0 Å². The monoisotopic (exact) mass is 449 g/mol. The number of fused-ring (bicyclic) bond motifs is 1. The van der Waals surface area contributed by atoms with Crippen LogP contribution < -0.4 is 10.2 Å². The molecule has 8 heteroatoms. The Labute approximate surface area is 189 Å². The van der Waals surface area contributed by atoms with E-state index in [0.717, 1.165) is 32.7 Å². The fraction of sp³-hybridized carbons (Fsp3) is 0.217. The zero-order valence-corrected chi connectivity index (χ0v) is 19.3. The van der Waals surface area contributed by atoms with Gasteiger partial charge in [0.05, 0.1) is 5.75 Å². The Morgan fingerprint density at radius 3 is 2.71 bits per heavy atom. The predicted molar refractivity (Wildman–Crippen MR) is 129 cm³/mol. The quantitative estimate of drug-likeness (QED) is 0.314. The van der Waals surface area contributed by atoms with Crippen molar-refractivity contribution in [2.45, 2.75) is 25.4 Å². The Kier molecular flexibility index (Phi) is 6.48. The Bertz CT molecular complexity index is 1210. The van der Waals surface area contributed by atoms with E-state index in [2.05, 4.69) is 43.4 Å². The van der Waals surface area contributed by atoms with Crippen LogP contribution in [-0.2, 0) is 11.3 Å². The third kappa shape index (κ3) is 5.21. The molecule has 2 aromatic heterocycles. The highest BCUT2D eigenvalue weighted by molar-refractivity contribution is 8.00. The maximum atomic E-state index is 12.5. The number of benzene rings is 2. The minimum absolute atomic E-state index is 0.0605. The van der Waals surface area contributed by atoms with E-state index in [0.29, 0.717) is 5.65 Å². The van der Waals surface area contributed by atoms with E-state index in [-0.39, 0.29) is 11.7 Å². The molecule has 0 aliphatic rings. The van der Waals surface area contributed by atoms with Gasteiger partial charge in [-0.1, -0.05) is 71.1 Å². The number of hydrogen-bond acceptors (Lipinski definition) is 7.